The number of hydrogen-bond donors (Lipinski definition) is 1. The van der Waals surface area contributed by atoms with Gasteiger partial charge in [0.2, 0.25) is 0 Å². The van der Waals surface area contributed by atoms with Crippen LogP contribution in [-0.4, -0.2) is 35.2 Å². The monoisotopic (exact) mass is 251 g/mol. The van der Waals surface area contributed by atoms with Gasteiger partial charge in [-0.1, -0.05) is 6.07 Å². The van der Waals surface area contributed by atoms with Crippen LogP contribution in [-0.2, 0) is 6.42 Å². The summed E-state index contributed by atoms with van der Waals surface area (Å²) in [6, 6.07) is 5.68. The molecule has 2 aliphatic rings. The Kier molecular flexibility index (Phi) is 3.24. The number of aliphatic hydroxyl groups is 1. The van der Waals surface area contributed by atoms with E-state index >= 15 is 0 Å². The predicted octanol–water partition coefficient (Wildman–Crippen LogP) is 2.52. The Morgan fingerprint density at radius 1 is 1.41 bits per heavy atom. The summed E-state index contributed by atoms with van der Waals surface area (Å²) in [5.74, 6) is 0.519. The molecule has 2 aliphatic heterocycles. The Labute approximate surface area is 107 Å². The van der Waals surface area contributed by atoms with Gasteiger partial charge in [-0.25, -0.2) is 0 Å². The van der Waals surface area contributed by atoms with Crippen molar-refractivity contribution in [3.8, 4) is 0 Å². The molecular weight excluding hydrogens is 230 g/mol. The van der Waals surface area contributed by atoms with Gasteiger partial charge >= 0.3 is 0 Å². The highest BCUT2D eigenvalue weighted by Gasteiger charge is 2.40. The lowest BCUT2D eigenvalue weighted by atomic mass is 9.85. The third-order valence-corrected chi connectivity index (χ3v) is 5.57. The molecular formula is C14H21NOS. The van der Waals surface area contributed by atoms with Gasteiger partial charge in [0.15, 0.2) is 0 Å². The largest absolute Gasteiger partial charge is 0.392 e. The van der Waals surface area contributed by atoms with Gasteiger partial charge in [-0.3, -0.25) is 0 Å². The maximum absolute atomic E-state index is 10.4. The van der Waals surface area contributed by atoms with Gasteiger partial charge in [0.1, 0.15) is 0 Å². The Morgan fingerprint density at radius 3 is 2.71 bits per heavy atom. The van der Waals surface area contributed by atoms with Crippen LogP contribution in [0.5, 0.6) is 0 Å². The summed E-state index contributed by atoms with van der Waals surface area (Å²) in [5.41, 5.74) is 0. The van der Waals surface area contributed by atoms with Gasteiger partial charge in [0.05, 0.1) is 6.10 Å². The SMILES string of the molecule is CN1C2CCC1CC(C(O)Cc1cccs1)C2. The van der Waals surface area contributed by atoms with Crippen LogP contribution in [0.4, 0.5) is 0 Å². The lowest BCUT2D eigenvalue weighted by Crippen LogP contribution is -2.43. The Balaban J connectivity index is 1.62. The van der Waals surface area contributed by atoms with Gasteiger partial charge in [-0.05, 0) is 50.1 Å². The molecule has 2 bridgehead atoms. The summed E-state index contributed by atoms with van der Waals surface area (Å²) in [5, 5.41) is 12.5. The molecule has 0 amide bonds. The van der Waals surface area contributed by atoms with Crippen molar-refractivity contribution in [3.05, 3.63) is 22.4 Å². The van der Waals surface area contributed by atoms with Crippen LogP contribution >= 0.6 is 11.3 Å². The van der Waals surface area contributed by atoms with Crippen LogP contribution in [0.2, 0.25) is 0 Å². The normalized spacial score (nSPS) is 35.1. The molecule has 2 fully saturated rings. The molecule has 3 heteroatoms. The molecule has 1 N–H and O–H groups in total. The number of thiophene rings is 1. The lowest BCUT2D eigenvalue weighted by molar-refractivity contribution is 0.0372. The highest BCUT2D eigenvalue weighted by atomic mass is 32.1. The summed E-state index contributed by atoms with van der Waals surface area (Å²) in [6.07, 6.45) is 5.78. The molecule has 17 heavy (non-hydrogen) atoms. The summed E-state index contributed by atoms with van der Waals surface area (Å²) in [7, 11) is 2.25. The van der Waals surface area contributed by atoms with Gasteiger partial charge in [-0.2, -0.15) is 0 Å². The van der Waals surface area contributed by atoms with Crippen LogP contribution < -0.4 is 0 Å². The average molecular weight is 251 g/mol. The summed E-state index contributed by atoms with van der Waals surface area (Å²) < 4.78 is 0. The van der Waals surface area contributed by atoms with Gasteiger partial charge in [-0.15, -0.1) is 11.3 Å². The number of hydrogen-bond acceptors (Lipinski definition) is 3. The molecule has 0 radical (unpaired) electrons. The number of nitrogens with zero attached hydrogens (tertiary/aromatic N) is 1. The first kappa shape index (κ1) is 11.7. The lowest BCUT2D eigenvalue weighted by Gasteiger charge is -2.38. The first-order chi connectivity index (χ1) is 8.24. The molecule has 2 saturated heterocycles. The molecule has 3 rings (SSSR count). The van der Waals surface area contributed by atoms with Crippen molar-refractivity contribution in [3.63, 3.8) is 0 Å². The fourth-order valence-electron chi connectivity index (χ4n) is 3.57. The number of rotatable bonds is 3. The first-order valence-corrected chi connectivity index (χ1v) is 7.54. The molecule has 0 saturated carbocycles. The Bertz CT molecular complexity index is 350. The molecule has 3 heterocycles. The van der Waals surface area contributed by atoms with Crippen molar-refractivity contribution in [2.45, 2.75) is 50.3 Å². The second kappa shape index (κ2) is 4.71. The van der Waals surface area contributed by atoms with Crippen LogP contribution in [0, 0.1) is 5.92 Å². The Hall–Kier alpha value is -0.380. The molecule has 3 atom stereocenters. The minimum absolute atomic E-state index is 0.134. The number of piperidine rings is 1. The van der Waals surface area contributed by atoms with Crippen molar-refractivity contribution in [1.82, 2.24) is 4.90 Å². The zero-order valence-corrected chi connectivity index (χ0v) is 11.2. The highest BCUT2D eigenvalue weighted by molar-refractivity contribution is 7.09. The van der Waals surface area contributed by atoms with Crippen molar-refractivity contribution in [1.29, 1.82) is 0 Å². The van der Waals surface area contributed by atoms with Crippen molar-refractivity contribution in [2.24, 2.45) is 5.92 Å². The van der Waals surface area contributed by atoms with E-state index in [1.807, 2.05) is 0 Å². The van der Waals surface area contributed by atoms with E-state index in [0.29, 0.717) is 5.92 Å². The minimum atomic E-state index is -0.134. The first-order valence-electron chi connectivity index (χ1n) is 6.66. The van der Waals surface area contributed by atoms with E-state index in [1.165, 1.54) is 30.6 Å². The van der Waals surface area contributed by atoms with Crippen molar-refractivity contribution in [2.75, 3.05) is 7.05 Å². The highest BCUT2D eigenvalue weighted by Crippen LogP contribution is 2.39. The minimum Gasteiger partial charge on any atom is -0.392 e. The van der Waals surface area contributed by atoms with E-state index < -0.39 is 0 Å². The number of aliphatic hydroxyl groups excluding tert-OH is 1. The quantitative estimate of drug-likeness (QED) is 0.892. The third kappa shape index (κ3) is 2.28. The van der Waals surface area contributed by atoms with E-state index in [4.69, 9.17) is 0 Å². The number of fused-ring (bicyclic) bond motifs is 2. The maximum atomic E-state index is 10.4. The van der Waals surface area contributed by atoms with Crippen LogP contribution in [0.15, 0.2) is 17.5 Å². The fourth-order valence-corrected chi connectivity index (χ4v) is 4.33. The maximum Gasteiger partial charge on any atom is 0.0617 e. The van der Waals surface area contributed by atoms with Crippen LogP contribution in [0.3, 0.4) is 0 Å². The molecule has 1 aromatic heterocycles. The smallest absolute Gasteiger partial charge is 0.0617 e. The van der Waals surface area contributed by atoms with Crippen molar-refractivity contribution < 1.29 is 5.11 Å². The molecule has 3 unspecified atom stereocenters. The second-order valence-corrected chi connectivity index (χ2v) is 6.67. The summed E-state index contributed by atoms with van der Waals surface area (Å²) >= 11 is 1.76. The standard InChI is InChI=1S/C14H21NOS/c1-15-11-4-5-12(15)8-10(7-11)14(16)9-13-3-2-6-17-13/h2-3,6,10-12,14,16H,4-5,7-9H2,1H3. The van der Waals surface area contributed by atoms with E-state index in [0.717, 1.165) is 18.5 Å². The van der Waals surface area contributed by atoms with Crippen LogP contribution in [0.1, 0.15) is 30.6 Å². The fraction of sp³-hybridized carbons (Fsp3) is 0.714. The molecule has 0 spiro atoms. The van der Waals surface area contributed by atoms with E-state index in [2.05, 4.69) is 29.5 Å². The zero-order chi connectivity index (χ0) is 11.8. The van der Waals surface area contributed by atoms with E-state index in [9.17, 15) is 5.11 Å². The Morgan fingerprint density at radius 2 is 2.12 bits per heavy atom. The van der Waals surface area contributed by atoms with Gasteiger partial charge in [0.25, 0.3) is 0 Å². The summed E-state index contributed by atoms with van der Waals surface area (Å²) in [6.45, 7) is 0. The van der Waals surface area contributed by atoms with E-state index in [-0.39, 0.29) is 6.10 Å². The topological polar surface area (TPSA) is 23.5 Å². The molecule has 1 aromatic rings. The van der Waals surface area contributed by atoms with Crippen molar-refractivity contribution >= 4 is 11.3 Å². The summed E-state index contributed by atoms with van der Waals surface area (Å²) in [4.78, 5) is 3.86. The predicted molar refractivity (Wildman–Crippen MR) is 71.3 cm³/mol. The molecule has 0 aromatic carbocycles. The van der Waals surface area contributed by atoms with Gasteiger partial charge in [0, 0.05) is 23.4 Å². The second-order valence-electron chi connectivity index (χ2n) is 5.63. The average Bonchev–Trinajstić information content (AvgIpc) is 2.86. The van der Waals surface area contributed by atoms with Crippen LogP contribution in [0.25, 0.3) is 0 Å². The zero-order valence-electron chi connectivity index (χ0n) is 10.4. The molecule has 0 aliphatic carbocycles. The van der Waals surface area contributed by atoms with Gasteiger partial charge < -0.3 is 10.0 Å². The molecule has 94 valence electrons. The van der Waals surface area contributed by atoms with E-state index in [1.54, 1.807) is 11.3 Å². The molecule has 2 nitrogen and oxygen atoms in total. The third-order valence-electron chi connectivity index (χ3n) is 4.67.